The van der Waals surface area contributed by atoms with Crippen LogP contribution in [-0.2, 0) is 0 Å². The summed E-state index contributed by atoms with van der Waals surface area (Å²) in [6.45, 7) is 2.50. The molecule has 0 unspecified atom stereocenters. The molecule has 0 fully saturated rings. The number of hydrogen-bond acceptors (Lipinski definition) is 4. The number of pyridine rings is 1. The van der Waals surface area contributed by atoms with Gasteiger partial charge in [0, 0.05) is 6.20 Å². The molecular formula is C9H9N3O. The molecule has 13 heavy (non-hydrogen) atoms. The van der Waals surface area contributed by atoms with Gasteiger partial charge in [-0.3, -0.25) is 0 Å². The Morgan fingerprint density at radius 2 is 2.31 bits per heavy atom. The minimum atomic E-state index is 0.522. The van der Waals surface area contributed by atoms with Crippen molar-refractivity contribution in [2.24, 2.45) is 0 Å². The molecule has 0 atom stereocenters. The van der Waals surface area contributed by atoms with E-state index in [2.05, 4.69) is 15.0 Å². The highest BCUT2D eigenvalue weighted by molar-refractivity contribution is 5.69. The summed E-state index contributed by atoms with van der Waals surface area (Å²) in [7, 11) is 0. The van der Waals surface area contributed by atoms with Gasteiger partial charge < -0.3 is 4.74 Å². The summed E-state index contributed by atoms with van der Waals surface area (Å²) in [4.78, 5) is 12.4. The Morgan fingerprint density at radius 1 is 1.38 bits per heavy atom. The molecule has 2 rings (SSSR count). The van der Waals surface area contributed by atoms with Crippen molar-refractivity contribution in [1.29, 1.82) is 0 Å². The fraction of sp³-hybridized carbons (Fsp3) is 0.222. The van der Waals surface area contributed by atoms with E-state index in [0.29, 0.717) is 18.1 Å². The van der Waals surface area contributed by atoms with Gasteiger partial charge in [-0.2, -0.15) is 4.98 Å². The predicted molar refractivity (Wildman–Crippen MR) is 48.5 cm³/mol. The number of nitrogens with zero attached hydrogens (tertiary/aromatic N) is 3. The van der Waals surface area contributed by atoms with Crippen molar-refractivity contribution in [2.45, 2.75) is 6.92 Å². The van der Waals surface area contributed by atoms with Gasteiger partial charge in [-0.25, -0.2) is 9.97 Å². The van der Waals surface area contributed by atoms with Gasteiger partial charge in [0.1, 0.15) is 5.52 Å². The van der Waals surface area contributed by atoms with E-state index in [1.807, 2.05) is 19.1 Å². The molecule has 0 bridgehead atoms. The van der Waals surface area contributed by atoms with Crippen molar-refractivity contribution in [3.05, 3.63) is 24.5 Å². The van der Waals surface area contributed by atoms with Gasteiger partial charge in [-0.15, -0.1) is 0 Å². The second-order valence-electron chi connectivity index (χ2n) is 2.49. The zero-order valence-corrected chi connectivity index (χ0v) is 7.27. The van der Waals surface area contributed by atoms with E-state index in [1.165, 1.54) is 0 Å². The Morgan fingerprint density at radius 3 is 3.15 bits per heavy atom. The van der Waals surface area contributed by atoms with Crippen LogP contribution in [0.15, 0.2) is 24.5 Å². The lowest BCUT2D eigenvalue weighted by Crippen LogP contribution is -1.96. The second kappa shape index (κ2) is 3.35. The van der Waals surface area contributed by atoms with Crippen LogP contribution in [0.5, 0.6) is 5.88 Å². The molecule has 0 saturated carbocycles. The molecule has 2 heterocycles. The molecule has 2 aromatic rings. The lowest BCUT2D eigenvalue weighted by Gasteiger charge is -2.00. The van der Waals surface area contributed by atoms with Crippen LogP contribution >= 0.6 is 0 Å². The lowest BCUT2D eigenvalue weighted by atomic mass is 10.4. The first-order valence-electron chi connectivity index (χ1n) is 4.10. The highest BCUT2D eigenvalue weighted by Gasteiger charge is 1.98. The van der Waals surface area contributed by atoms with Crippen LogP contribution in [0.3, 0.4) is 0 Å². The molecule has 0 aliphatic heterocycles. The van der Waals surface area contributed by atoms with Crippen molar-refractivity contribution in [3.8, 4) is 5.88 Å². The number of rotatable bonds is 2. The molecule has 0 N–H and O–H groups in total. The van der Waals surface area contributed by atoms with Crippen LogP contribution in [-0.4, -0.2) is 21.6 Å². The minimum Gasteiger partial charge on any atom is -0.477 e. The van der Waals surface area contributed by atoms with E-state index < -0.39 is 0 Å². The molecule has 0 spiro atoms. The molecule has 0 radical (unpaired) electrons. The van der Waals surface area contributed by atoms with Crippen LogP contribution in [0.2, 0.25) is 0 Å². The summed E-state index contributed by atoms with van der Waals surface area (Å²) >= 11 is 0. The number of aromatic nitrogens is 3. The van der Waals surface area contributed by atoms with E-state index in [1.54, 1.807) is 12.4 Å². The van der Waals surface area contributed by atoms with E-state index in [-0.39, 0.29) is 0 Å². The molecule has 0 amide bonds. The monoisotopic (exact) mass is 175 g/mol. The molecule has 66 valence electrons. The third-order valence-corrected chi connectivity index (χ3v) is 1.59. The lowest BCUT2D eigenvalue weighted by molar-refractivity contribution is 0.326. The van der Waals surface area contributed by atoms with Crippen LogP contribution in [0.25, 0.3) is 11.2 Å². The van der Waals surface area contributed by atoms with Gasteiger partial charge in [-0.05, 0) is 19.1 Å². The van der Waals surface area contributed by atoms with Crippen molar-refractivity contribution >= 4 is 11.2 Å². The number of fused-ring (bicyclic) bond motifs is 1. The van der Waals surface area contributed by atoms with Gasteiger partial charge in [0.2, 0.25) is 5.88 Å². The van der Waals surface area contributed by atoms with Gasteiger partial charge in [0.05, 0.1) is 12.8 Å². The number of ether oxygens (including phenoxy) is 1. The molecule has 0 aliphatic rings. The molecule has 4 heteroatoms. The Kier molecular flexibility index (Phi) is 2.04. The first-order chi connectivity index (χ1) is 6.40. The quantitative estimate of drug-likeness (QED) is 0.692. The van der Waals surface area contributed by atoms with Crippen LogP contribution < -0.4 is 4.74 Å². The van der Waals surface area contributed by atoms with Crippen molar-refractivity contribution in [3.63, 3.8) is 0 Å². The van der Waals surface area contributed by atoms with Crippen LogP contribution in [0.4, 0.5) is 0 Å². The van der Waals surface area contributed by atoms with Gasteiger partial charge in [-0.1, -0.05) is 0 Å². The third kappa shape index (κ3) is 1.56. The molecule has 4 nitrogen and oxygen atoms in total. The molecular weight excluding hydrogens is 166 g/mol. The Bertz CT molecular complexity index is 416. The third-order valence-electron chi connectivity index (χ3n) is 1.59. The largest absolute Gasteiger partial charge is 0.477 e. The maximum Gasteiger partial charge on any atom is 0.234 e. The van der Waals surface area contributed by atoms with E-state index >= 15 is 0 Å². The second-order valence-corrected chi connectivity index (χ2v) is 2.49. The zero-order valence-electron chi connectivity index (χ0n) is 7.27. The Hall–Kier alpha value is -1.71. The van der Waals surface area contributed by atoms with Gasteiger partial charge >= 0.3 is 0 Å². The summed E-state index contributed by atoms with van der Waals surface area (Å²) in [5.41, 5.74) is 1.40. The van der Waals surface area contributed by atoms with Gasteiger partial charge in [0.25, 0.3) is 0 Å². The standard InChI is InChI=1S/C9H9N3O/c1-2-13-8-6-11-7-4-3-5-10-9(7)12-8/h3-6H,2H2,1H3. The molecule has 0 saturated heterocycles. The molecule has 2 aromatic heterocycles. The summed E-state index contributed by atoms with van der Waals surface area (Å²) < 4.78 is 5.20. The summed E-state index contributed by atoms with van der Waals surface area (Å²) in [5, 5.41) is 0. The summed E-state index contributed by atoms with van der Waals surface area (Å²) in [5.74, 6) is 0.522. The average molecular weight is 175 g/mol. The van der Waals surface area contributed by atoms with Crippen molar-refractivity contribution in [1.82, 2.24) is 15.0 Å². The highest BCUT2D eigenvalue weighted by Crippen LogP contribution is 2.10. The van der Waals surface area contributed by atoms with E-state index in [0.717, 1.165) is 5.52 Å². The topological polar surface area (TPSA) is 47.9 Å². The van der Waals surface area contributed by atoms with E-state index in [4.69, 9.17) is 4.74 Å². The fourth-order valence-electron chi connectivity index (χ4n) is 1.05. The van der Waals surface area contributed by atoms with Crippen LogP contribution in [0, 0.1) is 0 Å². The fourth-order valence-corrected chi connectivity index (χ4v) is 1.05. The smallest absolute Gasteiger partial charge is 0.234 e. The summed E-state index contributed by atoms with van der Waals surface area (Å²) in [6.07, 6.45) is 3.29. The maximum atomic E-state index is 5.20. The minimum absolute atomic E-state index is 0.522. The zero-order chi connectivity index (χ0) is 9.10. The first-order valence-corrected chi connectivity index (χ1v) is 4.10. The van der Waals surface area contributed by atoms with Crippen molar-refractivity contribution in [2.75, 3.05) is 6.61 Å². The Labute approximate surface area is 75.6 Å². The van der Waals surface area contributed by atoms with Crippen LogP contribution in [0.1, 0.15) is 6.92 Å². The molecule has 0 aliphatic carbocycles. The first kappa shape index (κ1) is 7.91. The predicted octanol–water partition coefficient (Wildman–Crippen LogP) is 1.42. The Balaban J connectivity index is 2.49. The van der Waals surface area contributed by atoms with Gasteiger partial charge in [0.15, 0.2) is 5.65 Å². The average Bonchev–Trinajstić information content (AvgIpc) is 2.18. The maximum absolute atomic E-state index is 5.20. The normalized spacial score (nSPS) is 10.2. The summed E-state index contributed by atoms with van der Waals surface area (Å²) in [6, 6.07) is 3.70. The highest BCUT2D eigenvalue weighted by atomic mass is 16.5. The van der Waals surface area contributed by atoms with E-state index in [9.17, 15) is 0 Å². The van der Waals surface area contributed by atoms with Crippen molar-refractivity contribution < 1.29 is 4.74 Å². The molecule has 0 aromatic carbocycles. The SMILES string of the molecule is CCOc1cnc2cccnc2n1. The number of hydrogen-bond donors (Lipinski definition) is 0.